The lowest BCUT2D eigenvalue weighted by molar-refractivity contribution is 0.186. The third-order valence-electron chi connectivity index (χ3n) is 5.35. The van der Waals surface area contributed by atoms with Crippen LogP contribution in [0.25, 0.3) is 11.6 Å². The Bertz CT molecular complexity index is 901. The second-order valence-electron chi connectivity index (χ2n) is 7.96. The number of rotatable bonds is 5. The Morgan fingerprint density at radius 1 is 1.11 bits per heavy atom. The van der Waals surface area contributed by atoms with Gasteiger partial charge in [-0.2, -0.15) is 0 Å². The lowest BCUT2D eigenvalue weighted by Gasteiger charge is -2.31. The van der Waals surface area contributed by atoms with Gasteiger partial charge in [-0.15, -0.1) is 10.2 Å². The van der Waals surface area contributed by atoms with Gasteiger partial charge in [0.25, 0.3) is 5.89 Å². The second kappa shape index (κ2) is 8.19. The molecule has 1 fully saturated rings. The van der Waals surface area contributed by atoms with Gasteiger partial charge in [-0.3, -0.25) is 9.88 Å². The zero-order valence-electron chi connectivity index (χ0n) is 16.8. The molecule has 0 bridgehead atoms. The molecule has 6 nitrogen and oxygen atoms in total. The molecule has 4 rings (SSSR count). The van der Waals surface area contributed by atoms with Crippen molar-refractivity contribution in [3.63, 3.8) is 0 Å². The molecule has 3 aromatic rings. The first-order valence-electron chi connectivity index (χ1n) is 10.0. The van der Waals surface area contributed by atoms with Crippen molar-refractivity contribution in [1.82, 2.24) is 25.1 Å². The molecule has 28 heavy (non-hydrogen) atoms. The largest absolute Gasteiger partial charge is 0.419 e. The van der Waals surface area contributed by atoms with Crippen molar-refractivity contribution in [2.75, 3.05) is 13.1 Å². The number of nitrogens with zero attached hydrogens (tertiary/aromatic N) is 5. The van der Waals surface area contributed by atoms with Crippen molar-refractivity contribution in [3.8, 4) is 11.6 Å². The van der Waals surface area contributed by atoms with E-state index in [1.807, 2.05) is 6.92 Å². The van der Waals surface area contributed by atoms with E-state index >= 15 is 0 Å². The SMILES string of the molecule is Cc1cnc(-c2nnc([C@@H]3CCCN(Cc4ccc(C(C)C)cc4)C3)o2)cn1. The van der Waals surface area contributed by atoms with Crippen molar-refractivity contribution in [2.45, 2.75) is 52.0 Å². The summed E-state index contributed by atoms with van der Waals surface area (Å²) in [5, 5.41) is 8.49. The van der Waals surface area contributed by atoms with E-state index < -0.39 is 0 Å². The van der Waals surface area contributed by atoms with Gasteiger partial charge < -0.3 is 4.42 Å². The van der Waals surface area contributed by atoms with Crippen molar-refractivity contribution >= 4 is 0 Å². The van der Waals surface area contributed by atoms with Crippen LogP contribution in [0, 0.1) is 6.92 Å². The summed E-state index contributed by atoms with van der Waals surface area (Å²) >= 11 is 0. The van der Waals surface area contributed by atoms with E-state index in [1.54, 1.807) is 12.4 Å². The number of aryl methyl sites for hydroxylation is 1. The Labute approximate surface area is 166 Å². The van der Waals surface area contributed by atoms with Gasteiger partial charge in [0.1, 0.15) is 5.69 Å². The molecule has 146 valence electrons. The standard InChI is InChI=1S/C22H27N5O/c1-15(2)18-8-6-17(7-9-18)13-27-10-4-5-19(14-27)21-25-26-22(28-21)20-12-23-16(3)11-24-20/h6-9,11-12,15,19H,4-5,10,13-14H2,1-3H3/t19-/m1/s1. The summed E-state index contributed by atoms with van der Waals surface area (Å²) in [5.74, 6) is 1.99. The molecule has 0 amide bonds. The van der Waals surface area contributed by atoms with E-state index in [4.69, 9.17) is 4.42 Å². The fourth-order valence-corrected chi connectivity index (χ4v) is 3.67. The van der Waals surface area contributed by atoms with Gasteiger partial charge in [0.2, 0.25) is 5.89 Å². The Hall–Kier alpha value is -2.60. The molecule has 1 aliphatic rings. The quantitative estimate of drug-likeness (QED) is 0.659. The van der Waals surface area contributed by atoms with Crippen molar-refractivity contribution < 1.29 is 4.42 Å². The predicted molar refractivity (Wildman–Crippen MR) is 108 cm³/mol. The Morgan fingerprint density at radius 2 is 1.93 bits per heavy atom. The van der Waals surface area contributed by atoms with E-state index in [1.165, 1.54) is 11.1 Å². The molecule has 2 aromatic heterocycles. The molecule has 1 saturated heterocycles. The van der Waals surface area contributed by atoms with Gasteiger partial charge in [0.05, 0.1) is 17.8 Å². The smallest absolute Gasteiger partial charge is 0.267 e. The molecule has 0 unspecified atom stereocenters. The maximum absolute atomic E-state index is 5.94. The minimum Gasteiger partial charge on any atom is -0.419 e. The fourth-order valence-electron chi connectivity index (χ4n) is 3.67. The summed E-state index contributed by atoms with van der Waals surface area (Å²) in [4.78, 5) is 11.1. The third-order valence-corrected chi connectivity index (χ3v) is 5.35. The van der Waals surface area contributed by atoms with E-state index in [-0.39, 0.29) is 5.92 Å². The first-order valence-corrected chi connectivity index (χ1v) is 10.0. The molecule has 1 aliphatic heterocycles. The monoisotopic (exact) mass is 377 g/mol. The molecule has 1 aromatic carbocycles. The summed E-state index contributed by atoms with van der Waals surface area (Å²) in [5.41, 5.74) is 4.24. The van der Waals surface area contributed by atoms with E-state index in [0.29, 0.717) is 23.4 Å². The van der Waals surface area contributed by atoms with Gasteiger partial charge in [-0.05, 0) is 43.4 Å². The highest BCUT2D eigenvalue weighted by atomic mass is 16.4. The zero-order chi connectivity index (χ0) is 19.5. The Balaban J connectivity index is 1.41. The first kappa shape index (κ1) is 18.7. The predicted octanol–water partition coefficient (Wildman–Crippen LogP) is 4.34. The topological polar surface area (TPSA) is 67.9 Å². The number of likely N-dealkylation sites (tertiary alicyclic amines) is 1. The fraction of sp³-hybridized carbons (Fsp3) is 0.455. The normalized spacial score (nSPS) is 17.9. The summed E-state index contributed by atoms with van der Waals surface area (Å²) < 4.78 is 5.94. The molecule has 0 aliphatic carbocycles. The Morgan fingerprint density at radius 3 is 2.64 bits per heavy atom. The number of benzene rings is 1. The third kappa shape index (κ3) is 4.28. The van der Waals surface area contributed by atoms with Crippen molar-refractivity contribution in [3.05, 3.63) is 59.4 Å². The average molecular weight is 377 g/mol. The van der Waals surface area contributed by atoms with Crippen LogP contribution in [0.4, 0.5) is 0 Å². The second-order valence-corrected chi connectivity index (χ2v) is 7.96. The summed E-state index contributed by atoms with van der Waals surface area (Å²) in [7, 11) is 0. The number of hydrogen-bond acceptors (Lipinski definition) is 6. The molecule has 0 radical (unpaired) electrons. The van der Waals surface area contributed by atoms with Crippen LogP contribution in [-0.4, -0.2) is 38.2 Å². The van der Waals surface area contributed by atoms with Crippen LogP contribution in [0.3, 0.4) is 0 Å². The van der Waals surface area contributed by atoms with Gasteiger partial charge in [-0.1, -0.05) is 38.1 Å². The minimum absolute atomic E-state index is 0.267. The van der Waals surface area contributed by atoms with Crippen molar-refractivity contribution in [1.29, 1.82) is 0 Å². The first-order chi connectivity index (χ1) is 13.6. The summed E-state index contributed by atoms with van der Waals surface area (Å²) in [6, 6.07) is 8.99. The molecule has 0 saturated carbocycles. The maximum atomic E-state index is 5.94. The molecular weight excluding hydrogens is 350 g/mol. The van der Waals surface area contributed by atoms with Gasteiger partial charge in [0, 0.05) is 19.3 Å². The molecule has 1 atom stereocenters. The summed E-state index contributed by atoms with van der Waals surface area (Å²) in [6.07, 6.45) is 5.60. The zero-order valence-corrected chi connectivity index (χ0v) is 16.8. The number of aromatic nitrogens is 4. The highest BCUT2D eigenvalue weighted by Crippen LogP contribution is 2.28. The van der Waals surface area contributed by atoms with Crippen LogP contribution in [0.1, 0.15) is 61.2 Å². The van der Waals surface area contributed by atoms with E-state index in [0.717, 1.165) is 38.2 Å². The molecule has 6 heteroatoms. The molecule has 0 spiro atoms. The lowest BCUT2D eigenvalue weighted by Crippen LogP contribution is -2.34. The Kier molecular flexibility index (Phi) is 5.48. The summed E-state index contributed by atoms with van der Waals surface area (Å²) in [6.45, 7) is 9.36. The lowest BCUT2D eigenvalue weighted by atomic mass is 9.97. The highest BCUT2D eigenvalue weighted by molar-refractivity contribution is 5.43. The number of hydrogen-bond donors (Lipinski definition) is 0. The van der Waals surface area contributed by atoms with E-state index in [9.17, 15) is 0 Å². The average Bonchev–Trinajstić information content (AvgIpc) is 3.19. The van der Waals surface area contributed by atoms with Crippen LogP contribution in [0.15, 0.2) is 41.1 Å². The van der Waals surface area contributed by atoms with Crippen molar-refractivity contribution in [2.24, 2.45) is 0 Å². The number of piperidine rings is 1. The van der Waals surface area contributed by atoms with E-state index in [2.05, 4.69) is 63.2 Å². The van der Waals surface area contributed by atoms with Crippen LogP contribution in [-0.2, 0) is 6.54 Å². The minimum atomic E-state index is 0.267. The van der Waals surface area contributed by atoms with Crippen LogP contribution >= 0.6 is 0 Å². The van der Waals surface area contributed by atoms with Crippen LogP contribution < -0.4 is 0 Å². The van der Waals surface area contributed by atoms with Gasteiger partial charge in [-0.25, -0.2) is 4.98 Å². The molecule has 3 heterocycles. The molecular formula is C22H27N5O. The molecule has 0 N–H and O–H groups in total. The maximum Gasteiger partial charge on any atom is 0.267 e. The van der Waals surface area contributed by atoms with Crippen LogP contribution in [0.2, 0.25) is 0 Å². The highest BCUT2D eigenvalue weighted by Gasteiger charge is 2.26. The van der Waals surface area contributed by atoms with Crippen LogP contribution in [0.5, 0.6) is 0 Å². The van der Waals surface area contributed by atoms with Gasteiger partial charge in [0.15, 0.2) is 0 Å². The van der Waals surface area contributed by atoms with Gasteiger partial charge >= 0.3 is 0 Å².